The Bertz CT molecular complexity index is 546. The van der Waals surface area contributed by atoms with Gasteiger partial charge >= 0.3 is 0 Å². The number of methoxy groups -OCH3 is 1. The van der Waals surface area contributed by atoms with Crippen molar-refractivity contribution in [2.75, 3.05) is 7.11 Å². The van der Waals surface area contributed by atoms with Crippen LogP contribution in [0.5, 0.6) is 5.75 Å². The normalized spacial score (nSPS) is 9.67. The summed E-state index contributed by atoms with van der Waals surface area (Å²) in [5, 5.41) is 4.56. The Morgan fingerprint density at radius 2 is 2.27 bits per heavy atom. The smallest absolute Gasteiger partial charge is 0.220 e. The minimum Gasteiger partial charge on any atom is -0.497 e. The van der Waals surface area contributed by atoms with Crippen molar-refractivity contribution in [2.45, 2.75) is 0 Å². The molecule has 0 spiro atoms. The van der Waals surface area contributed by atoms with Gasteiger partial charge in [-0.3, -0.25) is 4.98 Å². The van der Waals surface area contributed by atoms with E-state index in [-0.39, 0.29) is 0 Å². The number of ether oxygens (including phenoxy) is 1. The Morgan fingerprint density at radius 3 is 3.00 bits per heavy atom. The largest absolute Gasteiger partial charge is 0.497 e. The summed E-state index contributed by atoms with van der Waals surface area (Å²) < 4.78 is 5.09. The topological polar surface area (TPSA) is 72.4 Å². The number of benzene rings is 1. The Labute approximate surface area is 85.9 Å². The molecule has 0 saturated heterocycles. The van der Waals surface area contributed by atoms with Gasteiger partial charge in [-0.05, 0) is 18.2 Å². The molecule has 0 unspecified atom stereocenters. The van der Waals surface area contributed by atoms with E-state index < -0.39 is 0 Å². The van der Waals surface area contributed by atoms with Gasteiger partial charge in [0.15, 0.2) is 10.8 Å². The van der Waals surface area contributed by atoms with Gasteiger partial charge < -0.3 is 4.74 Å². The number of hydrogen-bond acceptors (Lipinski definition) is 4. The van der Waals surface area contributed by atoms with E-state index in [1.165, 1.54) is 0 Å². The van der Waals surface area contributed by atoms with Gasteiger partial charge in [-0.15, -0.1) is 0 Å². The molecule has 74 valence electrons. The Morgan fingerprint density at radius 1 is 1.40 bits per heavy atom. The SMILES string of the molecule is COc1ccc2c(N=[N+]=N)ccnc2c1. The number of pyridine rings is 1. The standard InChI is InChI=1S/C10H9N4O/c1-15-7-2-3-8-9(13-14-11)4-5-12-10(8)6-7/h2-6,11H,1H3/q+1. The lowest BCUT2D eigenvalue weighted by Crippen LogP contribution is -1.84. The molecule has 5 heteroatoms. The maximum absolute atomic E-state index is 6.71. The van der Waals surface area contributed by atoms with Crippen LogP contribution >= 0.6 is 0 Å². The molecular weight excluding hydrogens is 192 g/mol. The first-order chi connectivity index (χ1) is 7.35. The molecule has 5 nitrogen and oxygen atoms in total. The summed E-state index contributed by atoms with van der Waals surface area (Å²) >= 11 is 0. The summed E-state index contributed by atoms with van der Waals surface area (Å²) in [6, 6.07) is 7.21. The molecule has 1 N–H and O–H groups in total. The highest BCUT2D eigenvalue weighted by Gasteiger charge is 2.05. The zero-order valence-corrected chi connectivity index (χ0v) is 8.14. The van der Waals surface area contributed by atoms with E-state index in [0.29, 0.717) is 5.69 Å². The quantitative estimate of drug-likeness (QED) is 0.598. The summed E-state index contributed by atoms with van der Waals surface area (Å²) in [7, 11) is 1.61. The summed E-state index contributed by atoms with van der Waals surface area (Å²) in [5.74, 6) is 0.745. The van der Waals surface area contributed by atoms with Crippen molar-refractivity contribution >= 4 is 16.6 Å². The second-order valence-electron chi connectivity index (χ2n) is 2.91. The molecule has 1 heterocycles. The van der Waals surface area contributed by atoms with Crippen molar-refractivity contribution in [3.8, 4) is 5.75 Å². The predicted octanol–water partition coefficient (Wildman–Crippen LogP) is 2.43. The van der Waals surface area contributed by atoms with Gasteiger partial charge in [-0.25, -0.2) is 0 Å². The highest BCUT2D eigenvalue weighted by Crippen LogP contribution is 2.26. The number of rotatable bonds is 2. The van der Waals surface area contributed by atoms with Gasteiger partial charge in [-0.1, -0.05) is 0 Å². The first kappa shape index (κ1) is 9.30. The second-order valence-corrected chi connectivity index (χ2v) is 2.91. The van der Waals surface area contributed by atoms with Crippen LogP contribution in [0.3, 0.4) is 0 Å². The molecule has 0 aliphatic heterocycles. The van der Waals surface area contributed by atoms with Gasteiger partial charge in [0.1, 0.15) is 11.3 Å². The molecule has 0 amide bonds. The highest BCUT2D eigenvalue weighted by atomic mass is 16.5. The van der Waals surface area contributed by atoms with E-state index >= 15 is 0 Å². The van der Waals surface area contributed by atoms with Gasteiger partial charge in [0.05, 0.1) is 12.6 Å². The molecule has 0 fully saturated rings. The third-order valence-corrected chi connectivity index (χ3v) is 2.08. The minimum absolute atomic E-state index is 0.637. The van der Waals surface area contributed by atoms with Gasteiger partial charge in [0.2, 0.25) is 4.91 Å². The fraction of sp³-hybridized carbons (Fsp3) is 0.100. The van der Waals surface area contributed by atoms with E-state index in [2.05, 4.69) is 15.0 Å². The van der Waals surface area contributed by atoms with Crippen molar-refractivity contribution in [3.63, 3.8) is 0 Å². The second kappa shape index (κ2) is 3.86. The Hall–Kier alpha value is -2.26. The molecule has 2 rings (SSSR count). The van der Waals surface area contributed by atoms with Crippen LogP contribution in [0, 0.1) is 5.53 Å². The zero-order valence-electron chi connectivity index (χ0n) is 8.14. The lowest BCUT2D eigenvalue weighted by molar-refractivity contribution is 0.415. The molecule has 0 atom stereocenters. The molecule has 0 aliphatic rings. The molecule has 0 radical (unpaired) electrons. The molecule has 1 aromatic carbocycles. The Balaban J connectivity index is 2.71. The van der Waals surface area contributed by atoms with Crippen molar-refractivity contribution in [2.24, 2.45) is 5.11 Å². The number of fused-ring (bicyclic) bond motifs is 1. The van der Waals surface area contributed by atoms with E-state index in [1.54, 1.807) is 19.4 Å². The van der Waals surface area contributed by atoms with Crippen molar-refractivity contribution in [3.05, 3.63) is 30.5 Å². The maximum atomic E-state index is 6.71. The molecule has 0 aliphatic carbocycles. The van der Waals surface area contributed by atoms with Gasteiger partial charge in [-0.2, -0.15) is 0 Å². The minimum atomic E-state index is 0.637. The average molecular weight is 201 g/mol. The fourth-order valence-corrected chi connectivity index (χ4v) is 1.38. The van der Waals surface area contributed by atoms with Gasteiger partial charge in [0.25, 0.3) is 0 Å². The third-order valence-electron chi connectivity index (χ3n) is 2.08. The molecule has 15 heavy (non-hydrogen) atoms. The van der Waals surface area contributed by atoms with E-state index in [1.807, 2.05) is 18.2 Å². The average Bonchev–Trinajstić information content (AvgIpc) is 2.29. The fourth-order valence-electron chi connectivity index (χ4n) is 1.38. The zero-order chi connectivity index (χ0) is 10.7. The van der Waals surface area contributed by atoms with Crippen molar-refractivity contribution in [1.82, 2.24) is 9.90 Å². The summed E-state index contributed by atoms with van der Waals surface area (Å²) in [4.78, 5) is 7.20. The third kappa shape index (κ3) is 1.68. The van der Waals surface area contributed by atoms with Gasteiger partial charge in [0, 0.05) is 17.6 Å². The van der Waals surface area contributed by atoms with Crippen LogP contribution in [0.25, 0.3) is 10.9 Å². The highest BCUT2D eigenvalue weighted by molar-refractivity contribution is 5.90. The van der Waals surface area contributed by atoms with E-state index in [9.17, 15) is 0 Å². The first-order valence-electron chi connectivity index (χ1n) is 4.35. The van der Waals surface area contributed by atoms with Crippen molar-refractivity contribution < 1.29 is 4.74 Å². The van der Waals surface area contributed by atoms with Crippen LogP contribution in [0.15, 0.2) is 35.6 Å². The lowest BCUT2D eigenvalue weighted by Gasteiger charge is -2.01. The number of nitrogens with one attached hydrogen (secondary N) is 1. The molecular formula is C10H9N4O+. The van der Waals surface area contributed by atoms with Crippen LogP contribution < -0.4 is 9.65 Å². The first-order valence-corrected chi connectivity index (χ1v) is 4.35. The maximum Gasteiger partial charge on any atom is 0.220 e. The van der Waals surface area contributed by atoms with Crippen molar-refractivity contribution in [1.29, 1.82) is 5.53 Å². The lowest BCUT2D eigenvalue weighted by atomic mass is 10.2. The molecule has 2 aromatic rings. The number of hydrogen-bond donors (Lipinski definition) is 1. The molecule has 0 saturated carbocycles. The number of nitrogens with zero attached hydrogens (tertiary/aromatic N) is 3. The summed E-state index contributed by atoms with van der Waals surface area (Å²) in [5.41, 5.74) is 8.12. The summed E-state index contributed by atoms with van der Waals surface area (Å²) in [6.45, 7) is 0. The van der Waals surface area contributed by atoms with Crippen LogP contribution in [0.1, 0.15) is 0 Å². The summed E-state index contributed by atoms with van der Waals surface area (Å²) in [6.07, 6.45) is 1.63. The molecule has 0 bridgehead atoms. The van der Waals surface area contributed by atoms with E-state index in [0.717, 1.165) is 16.7 Å². The molecule has 1 aromatic heterocycles. The monoisotopic (exact) mass is 201 g/mol. The predicted molar refractivity (Wildman–Crippen MR) is 55.2 cm³/mol. The number of aromatic nitrogens is 1. The van der Waals surface area contributed by atoms with Crippen LogP contribution in [0.4, 0.5) is 5.69 Å². The van der Waals surface area contributed by atoms with Crippen LogP contribution in [0.2, 0.25) is 0 Å². The Kier molecular flexibility index (Phi) is 2.39. The van der Waals surface area contributed by atoms with Crippen LogP contribution in [-0.4, -0.2) is 12.1 Å². The van der Waals surface area contributed by atoms with Crippen LogP contribution in [-0.2, 0) is 0 Å². The van der Waals surface area contributed by atoms with E-state index in [4.69, 9.17) is 10.3 Å².